The van der Waals surface area contributed by atoms with Crippen LogP contribution in [0.1, 0.15) is 78.2 Å². The molecule has 0 atom stereocenters. The van der Waals surface area contributed by atoms with Gasteiger partial charge in [-0.25, -0.2) is 0 Å². The topological polar surface area (TPSA) is 15.7 Å². The van der Waals surface area contributed by atoms with Crippen LogP contribution in [0.15, 0.2) is 24.3 Å². The zero-order valence-electron chi connectivity index (χ0n) is 19.0. The summed E-state index contributed by atoms with van der Waals surface area (Å²) in [7, 11) is 0. The van der Waals surface area contributed by atoms with Crippen molar-refractivity contribution in [2.75, 3.05) is 32.8 Å². The van der Waals surface area contributed by atoms with E-state index < -0.39 is 0 Å². The molecule has 0 bridgehead atoms. The van der Waals surface area contributed by atoms with E-state index in [1.54, 1.807) is 0 Å². The maximum absolute atomic E-state index is 6.02. The standard InChI is InChI=1S/C25H44N2O/c1-22(2)12-9-7-5-6-8-10-19-28-25-14-11-13-24(20-25)21-26-15-17-27(18-16-26)23(3)4/h11,13-14,20,22-23H,5-10,12,15-19,21H2,1-4H3. The second kappa shape index (κ2) is 13.2. The molecule has 0 aromatic heterocycles. The fourth-order valence-corrected chi connectivity index (χ4v) is 3.98. The highest BCUT2D eigenvalue weighted by atomic mass is 16.5. The molecule has 0 unspecified atom stereocenters. The van der Waals surface area contributed by atoms with Crippen molar-refractivity contribution in [3.63, 3.8) is 0 Å². The van der Waals surface area contributed by atoms with Gasteiger partial charge in [-0.15, -0.1) is 0 Å². The Labute approximate surface area is 174 Å². The third-order valence-electron chi connectivity index (χ3n) is 5.89. The zero-order chi connectivity index (χ0) is 20.2. The van der Waals surface area contributed by atoms with Gasteiger partial charge in [0.05, 0.1) is 6.61 Å². The molecule has 0 spiro atoms. The molecule has 1 fully saturated rings. The third-order valence-corrected chi connectivity index (χ3v) is 5.89. The van der Waals surface area contributed by atoms with Gasteiger partial charge in [-0.1, -0.05) is 64.5 Å². The molecule has 3 nitrogen and oxygen atoms in total. The van der Waals surface area contributed by atoms with Gasteiger partial charge in [0.2, 0.25) is 0 Å². The predicted octanol–water partition coefficient (Wildman–Crippen LogP) is 5.98. The van der Waals surface area contributed by atoms with Crippen molar-refractivity contribution in [1.29, 1.82) is 0 Å². The molecule has 1 saturated heterocycles. The first-order valence-corrected chi connectivity index (χ1v) is 11.7. The number of hydrogen-bond acceptors (Lipinski definition) is 3. The highest BCUT2D eigenvalue weighted by Crippen LogP contribution is 2.17. The van der Waals surface area contributed by atoms with Crippen molar-refractivity contribution in [2.45, 2.75) is 85.2 Å². The Bertz CT molecular complexity index is 521. The van der Waals surface area contributed by atoms with E-state index in [4.69, 9.17) is 4.74 Å². The number of rotatable bonds is 13. The minimum Gasteiger partial charge on any atom is -0.494 e. The van der Waals surface area contributed by atoms with Crippen LogP contribution in [-0.2, 0) is 6.54 Å². The van der Waals surface area contributed by atoms with E-state index in [0.717, 1.165) is 24.8 Å². The predicted molar refractivity (Wildman–Crippen MR) is 121 cm³/mol. The van der Waals surface area contributed by atoms with Crippen molar-refractivity contribution < 1.29 is 4.74 Å². The van der Waals surface area contributed by atoms with Crippen LogP contribution in [0.4, 0.5) is 0 Å². The van der Waals surface area contributed by atoms with Gasteiger partial charge in [-0.2, -0.15) is 0 Å². The summed E-state index contributed by atoms with van der Waals surface area (Å²) >= 11 is 0. The summed E-state index contributed by atoms with van der Waals surface area (Å²) in [5.74, 6) is 1.89. The Hall–Kier alpha value is -1.06. The number of piperazine rings is 1. The summed E-state index contributed by atoms with van der Waals surface area (Å²) in [6, 6.07) is 9.38. The van der Waals surface area contributed by atoms with Gasteiger partial charge >= 0.3 is 0 Å². The van der Waals surface area contributed by atoms with Crippen LogP contribution in [0, 0.1) is 5.92 Å². The average Bonchev–Trinajstić information content (AvgIpc) is 2.67. The largest absolute Gasteiger partial charge is 0.494 e. The zero-order valence-corrected chi connectivity index (χ0v) is 19.0. The molecule has 1 aliphatic rings. The highest BCUT2D eigenvalue weighted by Gasteiger charge is 2.18. The lowest BCUT2D eigenvalue weighted by Crippen LogP contribution is -2.48. The number of benzene rings is 1. The smallest absolute Gasteiger partial charge is 0.119 e. The molecule has 1 heterocycles. The van der Waals surface area contributed by atoms with Crippen LogP contribution in [0.25, 0.3) is 0 Å². The van der Waals surface area contributed by atoms with Gasteiger partial charge in [-0.3, -0.25) is 9.80 Å². The third kappa shape index (κ3) is 9.43. The Morgan fingerprint density at radius 1 is 0.857 bits per heavy atom. The van der Waals surface area contributed by atoms with Crippen LogP contribution in [0.2, 0.25) is 0 Å². The Morgan fingerprint density at radius 3 is 2.21 bits per heavy atom. The molecule has 2 rings (SSSR count). The second-order valence-corrected chi connectivity index (χ2v) is 9.21. The summed E-state index contributed by atoms with van der Waals surface area (Å²) in [6.45, 7) is 15.8. The first-order chi connectivity index (χ1) is 13.5. The van der Waals surface area contributed by atoms with Gasteiger partial charge in [0, 0.05) is 38.8 Å². The molecule has 3 heteroatoms. The molecule has 1 aliphatic heterocycles. The van der Waals surface area contributed by atoms with Crippen molar-refractivity contribution in [3.05, 3.63) is 29.8 Å². The quantitative estimate of drug-likeness (QED) is 0.387. The van der Waals surface area contributed by atoms with Gasteiger partial charge in [0.15, 0.2) is 0 Å². The van der Waals surface area contributed by atoms with Crippen molar-refractivity contribution in [3.8, 4) is 5.75 Å². The van der Waals surface area contributed by atoms with Crippen LogP contribution < -0.4 is 4.74 Å². The lowest BCUT2D eigenvalue weighted by molar-refractivity contribution is 0.104. The van der Waals surface area contributed by atoms with E-state index in [1.807, 2.05) is 0 Å². The molecule has 0 aliphatic carbocycles. The molecular weight excluding hydrogens is 344 g/mol. The summed E-state index contributed by atoms with van der Waals surface area (Å²) in [5, 5.41) is 0. The number of unbranched alkanes of at least 4 members (excludes halogenated alkanes) is 5. The summed E-state index contributed by atoms with van der Waals surface area (Å²) in [5.41, 5.74) is 1.38. The summed E-state index contributed by atoms with van der Waals surface area (Å²) in [4.78, 5) is 5.14. The van der Waals surface area contributed by atoms with E-state index in [0.29, 0.717) is 6.04 Å². The van der Waals surface area contributed by atoms with Crippen LogP contribution in [-0.4, -0.2) is 48.6 Å². The van der Waals surface area contributed by atoms with Crippen molar-refractivity contribution >= 4 is 0 Å². The van der Waals surface area contributed by atoms with E-state index in [9.17, 15) is 0 Å². The number of nitrogens with zero attached hydrogens (tertiary/aromatic N) is 2. The molecule has 28 heavy (non-hydrogen) atoms. The average molecular weight is 389 g/mol. The molecule has 0 amide bonds. The van der Waals surface area contributed by atoms with E-state index in [1.165, 1.54) is 76.7 Å². The fourth-order valence-electron chi connectivity index (χ4n) is 3.98. The van der Waals surface area contributed by atoms with Crippen molar-refractivity contribution in [2.24, 2.45) is 5.92 Å². The molecule has 1 aromatic carbocycles. The fraction of sp³-hybridized carbons (Fsp3) is 0.760. The van der Waals surface area contributed by atoms with Gasteiger partial charge in [-0.05, 0) is 43.9 Å². The minimum absolute atomic E-state index is 0.666. The SMILES string of the molecule is CC(C)CCCCCCCCOc1cccc(CN2CCN(C(C)C)CC2)c1. The maximum atomic E-state index is 6.02. The molecule has 0 N–H and O–H groups in total. The Kier molecular flexibility index (Phi) is 11.0. The molecule has 0 radical (unpaired) electrons. The van der Waals surface area contributed by atoms with Crippen LogP contribution >= 0.6 is 0 Å². The van der Waals surface area contributed by atoms with Gasteiger partial charge in [0.1, 0.15) is 5.75 Å². The lowest BCUT2D eigenvalue weighted by Gasteiger charge is -2.36. The first kappa shape index (κ1) is 23.2. The van der Waals surface area contributed by atoms with E-state index in [2.05, 4.69) is 61.8 Å². The number of ether oxygens (including phenoxy) is 1. The Morgan fingerprint density at radius 2 is 1.54 bits per heavy atom. The lowest BCUT2D eigenvalue weighted by atomic mass is 10.0. The van der Waals surface area contributed by atoms with Gasteiger partial charge in [0.25, 0.3) is 0 Å². The summed E-state index contributed by atoms with van der Waals surface area (Å²) < 4.78 is 6.02. The van der Waals surface area contributed by atoms with Gasteiger partial charge < -0.3 is 4.74 Å². The highest BCUT2D eigenvalue weighted by molar-refractivity contribution is 5.28. The summed E-state index contributed by atoms with van der Waals surface area (Å²) in [6.07, 6.45) is 9.37. The first-order valence-electron chi connectivity index (χ1n) is 11.7. The minimum atomic E-state index is 0.666. The monoisotopic (exact) mass is 388 g/mol. The normalized spacial score (nSPS) is 16.2. The van der Waals surface area contributed by atoms with Crippen LogP contribution in [0.3, 0.4) is 0 Å². The molecule has 0 saturated carbocycles. The molecular formula is C25H44N2O. The number of hydrogen-bond donors (Lipinski definition) is 0. The van der Waals surface area contributed by atoms with E-state index >= 15 is 0 Å². The maximum Gasteiger partial charge on any atom is 0.119 e. The second-order valence-electron chi connectivity index (χ2n) is 9.21. The molecule has 160 valence electrons. The molecule has 1 aromatic rings. The Balaban J connectivity index is 1.58. The van der Waals surface area contributed by atoms with E-state index in [-0.39, 0.29) is 0 Å². The van der Waals surface area contributed by atoms with Crippen LogP contribution in [0.5, 0.6) is 5.75 Å². The van der Waals surface area contributed by atoms with Crippen molar-refractivity contribution in [1.82, 2.24) is 9.80 Å².